The number of hydrogen-bond donors (Lipinski definition) is 2. The third-order valence-electron chi connectivity index (χ3n) is 2.77. The summed E-state index contributed by atoms with van der Waals surface area (Å²) in [6, 6.07) is 11.7. The SMILES string of the molecule is O=C(CNc1ccc(Br)cc1)Nc1cccc(C(F)(F)F)c1. The van der Waals surface area contributed by atoms with Crippen LogP contribution >= 0.6 is 15.9 Å². The fourth-order valence-corrected chi connectivity index (χ4v) is 1.99. The van der Waals surface area contributed by atoms with Crippen LogP contribution < -0.4 is 10.6 Å². The molecular formula is C15H12BrF3N2O. The molecule has 1 amide bonds. The number of amides is 1. The standard InChI is InChI=1S/C15H12BrF3N2O/c16-11-4-6-12(7-5-11)20-9-14(22)21-13-3-1-2-10(8-13)15(17,18)19/h1-8,20H,9H2,(H,21,22). The molecule has 2 aromatic rings. The second kappa shape index (κ2) is 6.83. The van der Waals surface area contributed by atoms with E-state index in [4.69, 9.17) is 0 Å². The zero-order valence-electron chi connectivity index (χ0n) is 11.2. The summed E-state index contributed by atoms with van der Waals surface area (Å²) < 4.78 is 38.6. The smallest absolute Gasteiger partial charge is 0.376 e. The van der Waals surface area contributed by atoms with E-state index in [1.54, 1.807) is 12.1 Å². The molecule has 0 fully saturated rings. The first kappa shape index (κ1) is 16.4. The van der Waals surface area contributed by atoms with Crippen molar-refractivity contribution in [3.05, 3.63) is 58.6 Å². The van der Waals surface area contributed by atoms with Crippen LogP contribution in [-0.4, -0.2) is 12.5 Å². The Kier molecular flexibility index (Phi) is 5.07. The molecule has 0 aromatic heterocycles. The van der Waals surface area contributed by atoms with Gasteiger partial charge in [0.05, 0.1) is 12.1 Å². The first-order valence-corrected chi connectivity index (χ1v) is 7.10. The molecule has 0 radical (unpaired) electrons. The van der Waals surface area contributed by atoms with Gasteiger partial charge in [-0.3, -0.25) is 4.79 Å². The predicted molar refractivity (Wildman–Crippen MR) is 82.7 cm³/mol. The number of nitrogens with one attached hydrogen (secondary N) is 2. The minimum Gasteiger partial charge on any atom is -0.376 e. The Morgan fingerprint density at radius 2 is 1.73 bits per heavy atom. The zero-order valence-corrected chi connectivity index (χ0v) is 12.8. The molecule has 22 heavy (non-hydrogen) atoms. The highest BCUT2D eigenvalue weighted by Gasteiger charge is 2.30. The lowest BCUT2D eigenvalue weighted by molar-refractivity contribution is -0.137. The van der Waals surface area contributed by atoms with Crippen molar-refractivity contribution in [1.29, 1.82) is 0 Å². The van der Waals surface area contributed by atoms with Crippen molar-refractivity contribution in [1.82, 2.24) is 0 Å². The number of benzene rings is 2. The first-order valence-electron chi connectivity index (χ1n) is 6.31. The summed E-state index contributed by atoms with van der Waals surface area (Å²) >= 11 is 3.29. The Hall–Kier alpha value is -2.02. The van der Waals surface area contributed by atoms with Gasteiger partial charge in [-0.15, -0.1) is 0 Å². The minimum atomic E-state index is -4.43. The van der Waals surface area contributed by atoms with Crippen LogP contribution in [0.3, 0.4) is 0 Å². The van der Waals surface area contributed by atoms with E-state index in [9.17, 15) is 18.0 Å². The molecule has 2 N–H and O–H groups in total. The molecule has 0 unspecified atom stereocenters. The number of carbonyl (C=O) groups is 1. The Balaban J connectivity index is 1.93. The quantitative estimate of drug-likeness (QED) is 0.828. The molecule has 0 aliphatic heterocycles. The van der Waals surface area contributed by atoms with Crippen LogP contribution in [0.15, 0.2) is 53.0 Å². The fraction of sp³-hybridized carbons (Fsp3) is 0.133. The molecule has 0 saturated heterocycles. The van der Waals surface area contributed by atoms with Gasteiger partial charge in [-0.05, 0) is 42.5 Å². The molecule has 0 heterocycles. The van der Waals surface area contributed by atoms with E-state index < -0.39 is 17.6 Å². The zero-order chi connectivity index (χ0) is 16.2. The van der Waals surface area contributed by atoms with Gasteiger partial charge in [0.25, 0.3) is 0 Å². The molecule has 0 bridgehead atoms. The first-order chi connectivity index (χ1) is 10.3. The highest BCUT2D eigenvalue weighted by Crippen LogP contribution is 2.30. The molecule has 116 valence electrons. The van der Waals surface area contributed by atoms with E-state index in [1.165, 1.54) is 12.1 Å². The molecule has 0 spiro atoms. The molecule has 0 atom stereocenters. The van der Waals surface area contributed by atoms with E-state index in [0.29, 0.717) is 0 Å². The maximum Gasteiger partial charge on any atom is 0.416 e. The Morgan fingerprint density at radius 1 is 1.05 bits per heavy atom. The molecule has 7 heteroatoms. The van der Waals surface area contributed by atoms with Crippen molar-refractivity contribution in [3.8, 4) is 0 Å². The summed E-state index contributed by atoms with van der Waals surface area (Å²) in [6.45, 7) is -0.0438. The Labute approximate surface area is 133 Å². The van der Waals surface area contributed by atoms with E-state index in [1.807, 2.05) is 12.1 Å². The van der Waals surface area contributed by atoms with Crippen molar-refractivity contribution in [2.75, 3.05) is 17.2 Å². The van der Waals surface area contributed by atoms with Crippen molar-refractivity contribution >= 4 is 33.2 Å². The van der Waals surface area contributed by atoms with E-state index in [2.05, 4.69) is 26.6 Å². The number of anilines is 2. The molecule has 2 rings (SSSR count). The number of halogens is 4. The van der Waals surface area contributed by atoms with E-state index in [0.717, 1.165) is 22.3 Å². The number of carbonyl (C=O) groups excluding carboxylic acids is 1. The summed E-state index contributed by atoms with van der Waals surface area (Å²) in [5.74, 6) is -0.428. The van der Waals surface area contributed by atoms with Gasteiger partial charge in [-0.1, -0.05) is 22.0 Å². The average Bonchev–Trinajstić information content (AvgIpc) is 2.46. The molecule has 2 aromatic carbocycles. The van der Waals surface area contributed by atoms with Gasteiger partial charge in [0.1, 0.15) is 0 Å². The van der Waals surface area contributed by atoms with E-state index in [-0.39, 0.29) is 12.2 Å². The van der Waals surface area contributed by atoms with Crippen LogP contribution in [0.4, 0.5) is 24.5 Å². The van der Waals surface area contributed by atoms with Gasteiger partial charge in [0.2, 0.25) is 5.91 Å². The monoisotopic (exact) mass is 372 g/mol. The van der Waals surface area contributed by atoms with Gasteiger partial charge >= 0.3 is 6.18 Å². The third-order valence-corrected chi connectivity index (χ3v) is 3.30. The van der Waals surface area contributed by atoms with Crippen LogP contribution in [0, 0.1) is 0 Å². The van der Waals surface area contributed by atoms with Gasteiger partial charge in [0, 0.05) is 15.8 Å². The second-order valence-electron chi connectivity index (χ2n) is 4.49. The summed E-state index contributed by atoms with van der Waals surface area (Å²) in [6.07, 6.45) is -4.43. The lowest BCUT2D eigenvalue weighted by Gasteiger charge is -2.10. The van der Waals surface area contributed by atoms with Gasteiger partial charge in [0.15, 0.2) is 0 Å². The van der Waals surface area contributed by atoms with Crippen molar-refractivity contribution < 1.29 is 18.0 Å². The van der Waals surface area contributed by atoms with E-state index >= 15 is 0 Å². The molecule has 3 nitrogen and oxygen atoms in total. The van der Waals surface area contributed by atoms with Crippen molar-refractivity contribution in [3.63, 3.8) is 0 Å². The molecule has 0 saturated carbocycles. The highest BCUT2D eigenvalue weighted by atomic mass is 79.9. The van der Waals surface area contributed by atoms with Gasteiger partial charge < -0.3 is 10.6 Å². The summed E-state index contributed by atoms with van der Waals surface area (Å²) in [5.41, 5.74) is 0.0472. The van der Waals surface area contributed by atoms with Gasteiger partial charge in [-0.25, -0.2) is 0 Å². The van der Waals surface area contributed by atoms with Crippen LogP contribution in [-0.2, 0) is 11.0 Å². The fourth-order valence-electron chi connectivity index (χ4n) is 1.73. The van der Waals surface area contributed by atoms with Crippen LogP contribution in [0.5, 0.6) is 0 Å². The second-order valence-corrected chi connectivity index (χ2v) is 5.40. The summed E-state index contributed by atoms with van der Waals surface area (Å²) in [5, 5.41) is 5.31. The summed E-state index contributed by atoms with van der Waals surface area (Å²) in [7, 11) is 0. The Bertz CT molecular complexity index is 657. The molecule has 0 aliphatic rings. The lowest BCUT2D eigenvalue weighted by atomic mass is 10.2. The highest BCUT2D eigenvalue weighted by molar-refractivity contribution is 9.10. The number of alkyl halides is 3. The van der Waals surface area contributed by atoms with Crippen LogP contribution in [0.1, 0.15) is 5.56 Å². The largest absolute Gasteiger partial charge is 0.416 e. The number of hydrogen-bond acceptors (Lipinski definition) is 2. The van der Waals surface area contributed by atoms with Gasteiger partial charge in [-0.2, -0.15) is 13.2 Å². The Morgan fingerprint density at radius 3 is 2.36 bits per heavy atom. The van der Waals surface area contributed by atoms with Crippen molar-refractivity contribution in [2.24, 2.45) is 0 Å². The normalized spacial score (nSPS) is 11.1. The minimum absolute atomic E-state index is 0.0438. The van der Waals surface area contributed by atoms with Crippen LogP contribution in [0.25, 0.3) is 0 Å². The maximum absolute atomic E-state index is 12.6. The number of rotatable bonds is 4. The van der Waals surface area contributed by atoms with Crippen molar-refractivity contribution in [2.45, 2.75) is 6.18 Å². The third kappa shape index (κ3) is 4.77. The topological polar surface area (TPSA) is 41.1 Å². The predicted octanol–water partition coefficient (Wildman–Crippen LogP) is 4.52. The maximum atomic E-state index is 12.6. The average molecular weight is 373 g/mol. The molecule has 0 aliphatic carbocycles. The molecular weight excluding hydrogens is 361 g/mol. The van der Waals surface area contributed by atoms with Crippen LogP contribution in [0.2, 0.25) is 0 Å². The summed E-state index contributed by atoms with van der Waals surface area (Å²) in [4.78, 5) is 11.7. The lowest BCUT2D eigenvalue weighted by Crippen LogP contribution is -2.22.